The van der Waals surface area contributed by atoms with Gasteiger partial charge >= 0.3 is 0 Å². The first-order valence-electron chi connectivity index (χ1n) is 4.01. The zero-order valence-electron chi connectivity index (χ0n) is 9.57. The van der Waals surface area contributed by atoms with Gasteiger partial charge in [-0.3, -0.25) is 9.59 Å². The quantitative estimate of drug-likeness (QED) is 0.455. The molecular formula is C10H16O4Zn. The molecule has 0 aliphatic heterocycles. The minimum atomic E-state index is -0.125. The number of carbonyl (C=O) groups excluding carboxylic acids is 2. The molecule has 0 aliphatic rings. The molecule has 0 unspecified atom stereocenters. The van der Waals surface area contributed by atoms with Crippen LogP contribution in [-0.2, 0) is 29.1 Å². The summed E-state index contributed by atoms with van der Waals surface area (Å²) in [5, 5.41) is 16.7. The van der Waals surface area contributed by atoms with Crippen molar-refractivity contribution < 1.29 is 39.3 Å². The summed E-state index contributed by atoms with van der Waals surface area (Å²) in [5.41, 5.74) is 0. The zero-order valence-corrected chi connectivity index (χ0v) is 12.5. The minimum Gasteiger partial charge on any atom is -0.512 e. The van der Waals surface area contributed by atoms with E-state index in [0.29, 0.717) is 0 Å². The maximum absolute atomic E-state index is 10.0. The van der Waals surface area contributed by atoms with Gasteiger partial charge in [-0.05, 0) is 27.7 Å². The molecule has 5 heteroatoms. The average molecular weight is 266 g/mol. The van der Waals surface area contributed by atoms with Gasteiger partial charge in [0.25, 0.3) is 0 Å². The normalized spacial score (nSPS) is 10.7. The number of allylic oxidation sites excluding steroid dienone is 4. The molecule has 0 radical (unpaired) electrons. The van der Waals surface area contributed by atoms with Gasteiger partial charge in [0, 0.05) is 31.6 Å². The van der Waals surface area contributed by atoms with Gasteiger partial charge in [-0.15, -0.1) is 0 Å². The number of rotatable bonds is 2. The molecule has 0 bridgehead atoms. The first kappa shape index (κ1) is 19.6. The molecule has 0 aromatic heterocycles. The van der Waals surface area contributed by atoms with Crippen LogP contribution in [0.15, 0.2) is 23.7 Å². The van der Waals surface area contributed by atoms with Crippen LogP contribution < -0.4 is 0 Å². The molecule has 15 heavy (non-hydrogen) atoms. The molecule has 0 aromatic carbocycles. The SMILES string of the molecule is CC(=O)/C=C(\C)O.CC(=O)/C=C(\C)O.[Zn]. The van der Waals surface area contributed by atoms with E-state index < -0.39 is 0 Å². The summed E-state index contributed by atoms with van der Waals surface area (Å²) in [4.78, 5) is 20.0. The number of aliphatic hydroxyl groups excluding tert-OH is 2. The first-order chi connectivity index (χ1) is 6.25. The van der Waals surface area contributed by atoms with E-state index in [1.54, 1.807) is 0 Å². The third-order valence-corrected chi connectivity index (χ3v) is 0.824. The van der Waals surface area contributed by atoms with E-state index in [1.807, 2.05) is 0 Å². The standard InChI is InChI=1S/2C5H8O2.Zn/c2*1-4(6)3-5(2)7;/h2*3,6H,1-2H3;/b2*4-3+;. The van der Waals surface area contributed by atoms with Crippen molar-refractivity contribution in [2.24, 2.45) is 0 Å². The van der Waals surface area contributed by atoms with E-state index in [1.165, 1.54) is 39.8 Å². The largest absolute Gasteiger partial charge is 0.512 e. The molecule has 0 spiro atoms. The van der Waals surface area contributed by atoms with Gasteiger partial charge in [-0.1, -0.05) is 0 Å². The van der Waals surface area contributed by atoms with Crippen molar-refractivity contribution >= 4 is 11.6 Å². The van der Waals surface area contributed by atoms with Crippen molar-refractivity contribution in [3.63, 3.8) is 0 Å². The summed E-state index contributed by atoms with van der Waals surface area (Å²) in [6, 6.07) is 0. The monoisotopic (exact) mass is 264 g/mol. The van der Waals surface area contributed by atoms with Gasteiger partial charge in [0.05, 0.1) is 11.5 Å². The van der Waals surface area contributed by atoms with Crippen molar-refractivity contribution in [1.82, 2.24) is 0 Å². The fourth-order valence-corrected chi connectivity index (χ4v) is 0.588. The van der Waals surface area contributed by atoms with Gasteiger partial charge in [-0.2, -0.15) is 0 Å². The number of carbonyl (C=O) groups is 2. The average Bonchev–Trinajstić information content (AvgIpc) is 1.79. The molecule has 0 saturated carbocycles. The van der Waals surface area contributed by atoms with E-state index in [9.17, 15) is 9.59 Å². The molecule has 0 aliphatic carbocycles. The minimum absolute atomic E-state index is 0. The van der Waals surface area contributed by atoms with Crippen molar-refractivity contribution in [3.8, 4) is 0 Å². The maximum atomic E-state index is 10.0. The van der Waals surface area contributed by atoms with Crippen LogP contribution in [0.25, 0.3) is 0 Å². The van der Waals surface area contributed by atoms with E-state index in [2.05, 4.69) is 0 Å². The van der Waals surface area contributed by atoms with Crippen LogP contribution in [0.5, 0.6) is 0 Å². The Morgan fingerprint density at radius 1 is 0.800 bits per heavy atom. The summed E-state index contributed by atoms with van der Waals surface area (Å²) in [6.07, 6.45) is 2.33. The Balaban J connectivity index is -0.000000180. The van der Waals surface area contributed by atoms with E-state index in [4.69, 9.17) is 10.2 Å². The molecule has 4 nitrogen and oxygen atoms in total. The number of aliphatic hydroxyl groups is 2. The molecular weight excluding hydrogens is 249 g/mol. The van der Waals surface area contributed by atoms with Gasteiger partial charge in [-0.25, -0.2) is 0 Å². The van der Waals surface area contributed by atoms with Crippen LogP contribution in [0.2, 0.25) is 0 Å². The van der Waals surface area contributed by atoms with E-state index >= 15 is 0 Å². The second-order valence-electron chi connectivity index (χ2n) is 2.79. The zero-order chi connectivity index (χ0) is 11.7. The van der Waals surface area contributed by atoms with E-state index in [-0.39, 0.29) is 42.6 Å². The summed E-state index contributed by atoms with van der Waals surface area (Å²) in [7, 11) is 0. The molecule has 2 N–H and O–H groups in total. The number of hydrogen-bond donors (Lipinski definition) is 2. The van der Waals surface area contributed by atoms with Crippen LogP contribution in [0.1, 0.15) is 27.7 Å². The molecule has 0 aromatic rings. The van der Waals surface area contributed by atoms with E-state index in [0.717, 1.165) is 0 Å². The van der Waals surface area contributed by atoms with Gasteiger partial charge < -0.3 is 10.2 Å². The Bertz CT molecular complexity index is 231. The Hall–Kier alpha value is -0.957. The summed E-state index contributed by atoms with van der Waals surface area (Å²) in [6.45, 7) is 5.70. The Morgan fingerprint density at radius 2 is 1.00 bits per heavy atom. The van der Waals surface area contributed by atoms with Crippen molar-refractivity contribution in [1.29, 1.82) is 0 Å². The Kier molecular flexibility index (Phi) is 14.5. The Morgan fingerprint density at radius 3 is 1.00 bits per heavy atom. The summed E-state index contributed by atoms with van der Waals surface area (Å²) < 4.78 is 0. The van der Waals surface area contributed by atoms with Crippen molar-refractivity contribution in [2.75, 3.05) is 0 Å². The predicted octanol–water partition coefficient (Wildman–Crippen LogP) is 2.07. The molecule has 0 amide bonds. The number of ketones is 2. The second-order valence-corrected chi connectivity index (χ2v) is 2.79. The fraction of sp³-hybridized carbons (Fsp3) is 0.400. The molecule has 82 valence electrons. The molecule has 0 saturated heterocycles. The second kappa shape index (κ2) is 11.1. The van der Waals surface area contributed by atoms with Gasteiger partial charge in [0.1, 0.15) is 0 Å². The maximum Gasteiger partial charge on any atom is 0.155 e. The van der Waals surface area contributed by atoms with Crippen molar-refractivity contribution in [3.05, 3.63) is 23.7 Å². The molecule has 0 fully saturated rings. The van der Waals surface area contributed by atoms with Crippen LogP contribution in [-0.4, -0.2) is 21.8 Å². The Labute approximate surface area is 102 Å². The third-order valence-electron chi connectivity index (χ3n) is 0.824. The van der Waals surface area contributed by atoms with Gasteiger partial charge in [0.2, 0.25) is 0 Å². The first-order valence-corrected chi connectivity index (χ1v) is 4.01. The molecule has 0 rings (SSSR count). The van der Waals surface area contributed by atoms with Crippen LogP contribution >= 0.6 is 0 Å². The summed E-state index contributed by atoms with van der Waals surface area (Å²) >= 11 is 0. The third kappa shape index (κ3) is 32.1. The molecule has 0 atom stereocenters. The van der Waals surface area contributed by atoms with Crippen molar-refractivity contribution in [2.45, 2.75) is 27.7 Å². The number of hydrogen-bond acceptors (Lipinski definition) is 4. The van der Waals surface area contributed by atoms with Gasteiger partial charge in [0.15, 0.2) is 11.6 Å². The summed E-state index contributed by atoms with van der Waals surface area (Å²) in [5.74, 6) is -0.125. The van der Waals surface area contributed by atoms with Crippen LogP contribution in [0, 0.1) is 0 Å². The molecule has 0 heterocycles. The fourth-order valence-electron chi connectivity index (χ4n) is 0.588. The topological polar surface area (TPSA) is 74.6 Å². The van der Waals surface area contributed by atoms with Crippen LogP contribution in [0.4, 0.5) is 0 Å². The smallest absolute Gasteiger partial charge is 0.155 e. The van der Waals surface area contributed by atoms with Crippen LogP contribution in [0.3, 0.4) is 0 Å². The predicted molar refractivity (Wildman–Crippen MR) is 54.1 cm³/mol.